The second kappa shape index (κ2) is 5.40. The maximum absolute atomic E-state index is 12.1. The molecule has 2 aromatic rings. The van der Waals surface area contributed by atoms with E-state index in [-0.39, 0.29) is 5.91 Å². The molecule has 0 aliphatic rings. The van der Waals surface area contributed by atoms with Crippen molar-refractivity contribution in [2.24, 2.45) is 0 Å². The SMILES string of the molecule is Cc1ccc(NC(=O)c2cc(C)c(C)s2)cc1I. The van der Waals surface area contributed by atoms with Crippen LogP contribution < -0.4 is 5.32 Å². The third-order valence-electron chi connectivity index (χ3n) is 2.82. The molecule has 0 spiro atoms. The molecule has 0 aliphatic carbocycles. The van der Waals surface area contributed by atoms with Crippen LogP contribution in [-0.2, 0) is 0 Å². The van der Waals surface area contributed by atoms with E-state index in [0.29, 0.717) is 0 Å². The van der Waals surface area contributed by atoms with Crippen LogP contribution in [0.1, 0.15) is 25.7 Å². The number of amides is 1. The fourth-order valence-electron chi connectivity index (χ4n) is 1.55. The molecule has 1 heterocycles. The standard InChI is InChI=1S/C14H14INOS/c1-8-4-5-11(7-12(8)15)16-14(17)13-6-9(2)10(3)18-13/h4-7H,1-3H3,(H,16,17). The van der Waals surface area contributed by atoms with Gasteiger partial charge in [-0.1, -0.05) is 6.07 Å². The van der Waals surface area contributed by atoms with Crippen molar-refractivity contribution in [3.8, 4) is 0 Å². The molecule has 0 radical (unpaired) electrons. The molecular formula is C14H14INOS. The molecule has 4 heteroatoms. The van der Waals surface area contributed by atoms with E-state index in [1.165, 1.54) is 27.3 Å². The van der Waals surface area contributed by atoms with Gasteiger partial charge in [0, 0.05) is 14.1 Å². The molecule has 1 amide bonds. The maximum Gasteiger partial charge on any atom is 0.265 e. The highest BCUT2D eigenvalue weighted by Gasteiger charge is 2.11. The lowest BCUT2D eigenvalue weighted by Crippen LogP contribution is -2.10. The summed E-state index contributed by atoms with van der Waals surface area (Å²) in [5, 5.41) is 2.93. The normalized spacial score (nSPS) is 10.4. The molecule has 0 fully saturated rings. The number of anilines is 1. The average molecular weight is 371 g/mol. The minimum atomic E-state index is -0.0316. The number of hydrogen-bond acceptors (Lipinski definition) is 2. The van der Waals surface area contributed by atoms with E-state index in [2.05, 4.69) is 34.8 Å². The number of aryl methyl sites for hydroxylation is 3. The zero-order chi connectivity index (χ0) is 13.3. The Bertz CT molecular complexity index is 584. The summed E-state index contributed by atoms with van der Waals surface area (Å²) < 4.78 is 1.16. The first-order valence-corrected chi connectivity index (χ1v) is 7.51. The van der Waals surface area contributed by atoms with Crippen molar-refractivity contribution in [3.63, 3.8) is 0 Å². The van der Waals surface area contributed by atoms with Crippen LogP contribution in [0.3, 0.4) is 0 Å². The third kappa shape index (κ3) is 2.92. The Hall–Kier alpha value is -0.880. The van der Waals surface area contributed by atoms with Gasteiger partial charge in [0.25, 0.3) is 5.91 Å². The largest absolute Gasteiger partial charge is 0.321 e. The van der Waals surface area contributed by atoms with Gasteiger partial charge in [0.1, 0.15) is 0 Å². The van der Waals surface area contributed by atoms with Gasteiger partial charge in [-0.15, -0.1) is 11.3 Å². The van der Waals surface area contributed by atoms with Gasteiger partial charge >= 0.3 is 0 Å². The lowest BCUT2D eigenvalue weighted by molar-refractivity contribution is 0.103. The Morgan fingerprint density at radius 3 is 2.44 bits per heavy atom. The van der Waals surface area contributed by atoms with Gasteiger partial charge < -0.3 is 5.32 Å². The summed E-state index contributed by atoms with van der Waals surface area (Å²) in [4.78, 5) is 14.0. The van der Waals surface area contributed by atoms with Crippen LogP contribution in [0, 0.1) is 24.3 Å². The lowest BCUT2D eigenvalue weighted by atomic mass is 10.2. The highest BCUT2D eigenvalue weighted by Crippen LogP contribution is 2.23. The Balaban J connectivity index is 2.18. The zero-order valence-corrected chi connectivity index (χ0v) is 13.5. The van der Waals surface area contributed by atoms with Crippen LogP contribution in [0.25, 0.3) is 0 Å². The molecule has 0 unspecified atom stereocenters. The van der Waals surface area contributed by atoms with Gasteiger partial charge in [-0.3, -0.25) is 4.79 Å². The number of carbonyl (C=O) groups excluding carboxylic acids is 1. The van der Waals surface area contributed by atoms with E-state index < -0.39 is 0 Å². The minimum absolute atomic E-state index is 0.0316. The van der Waals surface area contributed by atoms with Gasteiger partial charge in [-0.2, -0.15) is 0 Å². The van der Waals surface area contributed by atoms with Gasteiger partial charge in [0.15, 0.2) is 0 Å². The Labute approximate surface area is 125 Å². The van der Waals surface area contributed by atoms with Crippen LogP contribution in [0.15, 0.2) is 24.3 Å². The number of halogens is 1. The molecule has 0 saturated heterocycles. The number of rotatable bonds is 2. The molecule has 1 aromatic heterocycles. The maximum atomic E-state index is 12.1. The fourth-order valence-corrected chi connectivity index (χ4v) is 2.99. The van der Waals surface area contributed by atoms with E-state index in [1.807, 2.05) is 38.1 Å². The van der Waals surface area contributed by atoms with Crippen LogP contribution in [-0.4, -0.2) is 5.91 Å². The van der Waals surface area contributed by atoms with Crippen molar-refractivity contribution in [2.75, 3.05) is 5.32 Å². The van der Waals surface area contributed by atoms with Gasteiger partial charge in [-0.25, -0.2) is 0 Å². The molecular weight excluding hydrogens is 357 g/mol. The first kappa shape index (κ1) is 13.5. The second-order valence-electron chi connectivity index (χ2n) is 4.27. The molecule has 2 nitrogen and oxygen atoms in total. The number of thiophene rings is 1. The molecule has 0 saturated carbocycles. The molecule has 2 rings (SSSR count). The second-order valence-corrected chi connectivity index (χ2v) is 6.69. The van der Waals surface area contributed by atoms with Crippen LogP contribution in [0.5, 0.6) is 0 Å². The molecule has 18 heavy (non-hydrogen) atoms. The van der Waals surface area contributed by atoms with Crippen molar-refractivity contribution in [3.05, 3.63) is 48.7 Å². The zero-order valence-electron chi connectivity index (χ0n) is 10.5. The topological polar surface area (TPSA) is 29.1 Å². The van der Waals surface area contributed by atoms with E-state index in [9.17, 15) is 4.79 Å². The first-order chi connectivity index (χ1) is 8.47. The third-order valence-corrected chi connectivity index (χ3v) is 5.13. The van der Waals surface area contributed by atoms with Gasteiger partial charge in [0.05, 0.1) is 4.88 Å². The smallest absolute Gasteiger partial charge is 0.265 e. The van der Waals surface area contributed by atoms with E-state index in [1.54, 1.807) is 0 Å². The van der Waals surface area contributed by atoms with E-state index in [4.69, 9.17) is 0 Å². The lowest BCUT2D eigenvalue weighted by Gasteiger charge is -2.05. The first-order valence-electron chi connectivity index (χ1n) is 5.62. The molecule has 1 aromatic carbocycles. The Kier molecular flexibility index (Phi) is 4.07. The van der Waals surface area contributed by atoms with E-state index in [0.717, 1.165) is 14.1 Å². The van der Waals surface area contributed by atoms with Crippen molar-refractivity contribution < 1.29 is 4.79 Å². The highest BCUT2D eigenvalue weighted by molar-refractivity contribution is 14.1. The molecule has 94 valence electrons. The highest BCUT2D eigenvalue weighted by atomic mass is 127. The van der Waals surface area contributed by atoms with Crippen molar-refractivity contribution in [1.82, 2.24) is 0 Å². The van der Waals surface area contributed by atoms with Crippen LogP contribution in [0.2, 0.25) is 0 Å². The molecule has 0 aliphatic heterocycles. The van der Waals surface area contributed by atoms with Crippen molar-refractivity contribution >= 4 is 45.5 Å². The summed E-state index contributed by atoms with van der Waals surface area (Å²) in [6.45, 7) is 6.11. The Morgan fingerprint density at radius 1 is 1.17 bits per heavy atom. The number of hydrogen-bond donors (Lipinski definition) is 1. The van der Waals surface area contributed by atoms with Crippen LogP contribution >= 0.6 is 33.9 Å². The quantitative estimate of drug-likeness (QED) is 0.773. The predicted molar refractivity (Wildman–Crippen MR) is 85.6 cm³/mol. The molecule has 0 bridgehead atoms. The average Bonchev–Trinajstić information content (AvgIpc) is 2.65. The number of carbonyl (C=O) groups is 1. The number of nitrogens with one attached hydrogen (secondary N) is 1. The summed E-state index contributed by atoms with van der Waals surface area (Å²) in [6.07, 6.45) is 0. The van der Waals surface area contributed by atoms with Crippen molar-refractivity contribution in [1.29, 1.82) is 0 Å². The molecule has 1 N–H and O–H groups in total. The fraction of sp³-hybridized carbons (Fsp3) is 0.214. The van der Waals surface area contributed by atoms with Gasteiger partial charge in [-0.05, 0) is 72.7 Å². The summed E-state index contributed by atoms with van der Waals surface area (Å²) in [6, 6.07) is 7.88. The van der Waals surface area contributed by atoms with Gasteiger partial charge in [0.2, 0.25) is 0 Å². The summed E-state index contributed by atoms with van der Waals surface area (Å²) in [5.41, 5.74) is 3.23. The Morgan fingerprint density at radius 2 is 1.89 bits per heavy atom. The monoisotopic (exact) mass is 371 g/mol. The minimum Gasteiger partial charge on any atom is -0.321 e. The summed E-state index contributed by atoms with van der Waals surface area (Å²) in [7, 11) is 0. The predicted octanol–water partition coefficient (Wildman–Crippen LogP) is 4.53. The van der Waals surface area contributed by atoms with E-state index >= 15 is 0 Å². The summed E-state index contributed by atoms with van der Waals surface area (Å²) >= 11 is 3.81. The summed E-state index contributed by atoms with van der Waals surface area (Å²) in [5.74, 6) is -0.0316. The molecule has 0 atom stereocenters. The number of benzene rings is 1. The van der Waals surface area contributed by atoms with Crippen molar-refractivity contribution in [2.45, 2.75) is 20.8 Å². The van der Waals surface area contributed by atoms with Crippen LogP contribution in [0.4, 0.5) is 5.69 Å².